The van der Waals surface area contributed by atoms with Gasteiger partial charge in [-0.1, -0.05) is 12.1 Å². The number of imidazole rings is 1. The number of aliphatic hydroxyl groups excluding tert-OH is 1. The van der Waals surface area contributed by atoms with E-state index >= 15 is 0 Å². The molecular weight excluding hydrogens is 404 g/mol. The molecule has 4 rings (SSSR count). The van der Waals surface area contributed by atoms with E-state index in [-0.39, 0.29) is 42.8 Å². The summed E-state index contributed by atoms with van der Waals surface area (Å²) in [5.41, 5.74) is 6.77. The number of aliphatic hydroxyl groups is 1. The standard InChI is InChI=1S/C17H19FN5O5P/c18-12-3-1-2-4-15(12)28-29(25,26)27-8-10-5-14(11(10)7-24)23-9-21-13-6-20-17(19)22-16(13)23/h1-4,6,9-11,14,24H,5,7-8H2,(H,25,26)(H2,19,20,22). The van der Waals surface area contributed by atoms with E-state index in [1.54, 1.807) is 10.9 Å². The molecule has 0 saturated heterocycles. The van der Waals surface area contributed by atoms with Gasteiger partial charge < -0.3 is 19.9 Å². The monoisotopic (exact) mass is 423 g/mol. The number of para-hydroxylation sites is 1. The van der Waals surface area contributed by atoms with E-state index in [1.807, 2.05) is 0 Å². The van der Waals surface area contributed by atoms with Crippen molar-refractivity contribution in [2.45, 2.75) is 12.5 Å². The molecule has 1 fully saturated rings. The molecule has 2 aromatic heterocycles. The Kier molecular flexibility index (Phi) is 5.22. The number of hydrogen-bond donors (Lipinski definition) is 3. The molecule has 1 saturated carbocycles. The number of halogens is 1. The Balaban J connectivity index is 1.41. The predicted octanol–water partition coefficient (Wildman–Crippen LogP) is 1.91. The zero-order valence-corrected chi connectivity index (χ0v) is 16.0. The highest BCUT2D eigenvalue weighted by Gasteiger charge is 2.43. The molecule has 3 aromatic rings. The van der Waals surface area contributed by atoms with E-state index in [9.17, 15) is 19.0 Å². The summed E-state index contributed by atoms with van der Waals surface area (Å²) in [6.07, 6.45) is 3.67. The molecule has 29 heavy (non-hydrogen) atoms. The van der Waals surface area contributed by atoms with Gasteiger partial charge in [-0.2, -0.15) is 4.98 Å². The quantitative estimate of drug-likeness (QED) is 0.485. The molecule has 1 aliphatic carbocycles. The van der Waals surface area contributed by atoms with Gasteiger partial charge in [0, 0.05) is 18.6 Å². The minimum absolute atomic E-state index is 0.116. The van der Waals surface area contributed by atoms with Crippen molar-refractivity contribution in [1.29, 1.82) is 0 Å². The summed E-state index contributed by atoms with van der Waals surface area (Å²) in [5, 5.41) is 9.79. The number of benzene rings is 1. The fourth-order valence-electron chi connectivity index (χ4n) is 3.50. The van der Waals surface area contributed by atoms with Gasteiger partial charge in [0.25, 0.3) is 0 Å². The van der Waals surface area contributed by atoms with Crippen molar-refractivity contribution in [2.24, 2.45) is 11.8 Å². The van der Waals surface area contributed by atoms with Crippen molar-refractivity contribution < 1.29 is 28.0 Å². The fourth-order valence-corrected chi connectivity index (χ4v) is 4.33. The van der Waals surface area contributed by atoms with Crippen LogP contribution in [0.5, 0.6) is 5.75 Å². The first-order valence-corrected chi connectivity index (χ1v) is 10.3. The van der Waals surface area contributed by atoms with Crippen molar-refractivity contribution in [2.75, 3.05) is 18.9 Å². The summed E-state index contributed by atoms with van der Waals surface area (Å²) in [6.45, 7) is -0.295. The van der Waals surface area contributed by atoms with Gasteiger partial charge in [-0.15, -0.1) is 0 Å². The predicted molar refractivity (Wildman–Crippen MR) is 100 cm³/mol. The Hall–Kier alpha value is -2.59. The Bertz CT molecular complexity index is 1080. The average Bonchev–Trinajstić information content (AvgIpc) is 3.05. The van der Waals surface area contributed by atoms with Crippen LogP contribution in [0, 0.1) is 17.7 Å². The van der Waals surface area contributed by atoms with E-state index in [0.29, 0.717) is 17.6 Å². The van der Waals surface area contributed by atoms with E-state index in [1.165, 1.54) is 24.4 Å². The van der Waals surface area contributed by atoms with Crippen LogP contribution in [0.25, 0.3) is 11.2 Å². The van der Waals surface area contributed by atoms with Crippen LogP contribution in [-0.4, -0.2) is 42.7 Å². The SMILES string of the molecule is Nc1ncc2ncn(C3CC(COP(=O)(O)Oc4ccccc4F)C3CO)c2n1. The van der Waals surface area contributed by atoms with Gasteiger partial charge in [-0.05, 0) is 24.5 Å². The minimum Gasteiger partial charge on any atom is -0.401 e. The third-order valence-corrected chi connectivity index (χ3v) is 5.95. The second kappa shape index (κ2) is 7.68. The van der Waals surface area contributed by atoms with Crippen LogP contribution in [0.2, 0.25) is 0 Å². The smallest absolute Gasteiger partial charge is 0.401 e. The number of phosphoric ester groups is 1. The molecule has 154 valence electrons. The number of fused-ring (bicyclic) bond motifs is 1. The molecule has 0 amide bonds. The summed E-state index contributed by atoms with van der Waals surface area (Å²) >= 11 is 0. The lowest BCUT2D eigenvalue weighted by atomic mass is 9.70. The third kappa shape index (κ3) is 3.95. The summed E-state index contributed by atoms with van der Waals surface area (Å²) in [6, 6.07) is 5.12. The highest BCUT2D eigenvalue weighted by Crippen LogP contribution is 2.50. The molecule has 0 aliphatic heterocycles. The van der Waals surface area contributed by atoms with Gasteiger partial charge in [0.05, 0.1) is 19.1 Å². The lowest BCUT2D eigenvalue weighted by Crippen LogP contribution is -2.42. The number of nitrogens with two attached hydrogens (primary N) is 1. The largest absolute Gasteiger partial charge is 0.527 e. The van der Waals surface area contributed by atoms with Crippen LogP contribution < -0.4 is 10.3 Å². The van der Waals surface area contributed by atoms with Gasteiger partial charge in [0.15, 0.2) is 17.2 Å². The number of hydrogen-bond acceptors (Lipinski definition) is 8. The Morgan fingerprint density at radius 1 is 1.34 bits per heavy atom. The lowest BCUT2D eigenvalue weighted by Gasteiger charge is -2.44. The van der Waals surface area contributed by atoms with E-state index in [4.69, 9.17) is 14.8 Å². The van der Waals surface area contributed by atoms with Crippen molar-refractivity contribution >= 4 is 24.9 Å². The maximum atomic E-state index is 13.6. The summed E-state index contributed by atoms with van der Waals surface area (Å²) in [4.78, 5) is 22.2. The molecule has 4 unspecified atom stereocenters. The van der Waals surface area contributed by atoms with Crippen molar-refractivity contribution in [3.05, 3.63) is 42.6 Å². The number of aromatic nitrogens is 4. The molecule has 12 heteroatoms. The molecule has 4 N–H and O–H groups in total. The van der Waals surface area contributed by atoms with Crippen LogP contribution in [-0.2, 0) is 9.09 Å². The van der Waals surface area contributed by atoms with Crippen LogP contribution in [0.1, 0.15) is 12.5 Å². The first kappa shape index (κ1) is 19.7. The number of nitrogen functional groups attached to an aromatic ring is 1. The summed E-state index contributed by atoms with van der Waals surface area (Å²) in [7, 11) is -4.51. The number of phosphoric acid groups is 1. The van der Waals surface area contributed by atoms with Gasteiger partial charge >= 0.3 is 7.82 Å². The highest BCUT2D eigenvalue weighted by molar-refractivity contribution is 7.47. The zero-order chi connectivity index (χ0) is 20.6. The Morgan fingerprint density at radius 3 is 2.90 bits per heavy atom. The van der Waals surface area contributed by atoms with Gasteiger partial charge in [0.1, 0.15) is 5.52 Å². The first-order valence-electron chi connectivity index (χ1n) is 8.85. The Morgan fingerprint density at radius 2 is 2.14 bits per heavy atom. The minimum atomic E-state index is -4.51. The van der Waals surface area contributed by atoms with Gasteiger partial charge in [-0.3, -0.25) is 9.42 Å². The molecular formula is C17H19FN5O5P. The molecule has 1 aromatic carbocycles. The van der Waals surface area contributed by atoms with Crippen LogP contribution >= 0.6 is 7.82 Å². The second-order valence-corrected chi connectivity index (χ2v) is 8.16. The highest BCUT2D eigenvalue weighted by atomic mass is 31.2. The molecule has 0 bridgehead atoms. The molecule has 4 atom stereocenters. The summed E-state index contributed by atoms with van der Waals surface area (Å²) in [5.74, 6) is -1.48. The number of rotatable bonds is 7. The average molecular weight is 423 g/mol. The topological polar surface area (TPSA) is 146 Å². The first-order chi connectivity index (χ1) is 13.9. The Labute approximate surface area is 164 Å². The lowest BCUT2D eigenvalue weighted by molar-refractivity contribution is -0.00494. The van der Waals surface area contributed by atoms with Gasteiger partial charge in [-0.25, -0.2) is 18.9 Å². The van der Waals surface area contributed by atoms with Crippen molar-refractivity contribution in [3.63, 3.8) is 0 Å². The maximum absolute atomic E-state index is 13.6. The normalized spacial score (nSPS) is 23.5. The number of anilines is 1. The van der Waals surface area contributed by atoms with E-state index < -0.39 is 13.6 Å². The van der Waals surface area contributed by atoms with Crippen LogP contribution in [0.15, 0.2) is 36.8 Å². The van der Waals surface area contributed by atoms with Crippen molar-refractivity contribution in [1.82, 2.24) is 19.5 Å². The third-order valence-electron chi connectivity index (χ3n) is 5.05. The van der Waals surface area contributed by atoms with E-state index in [0.717, 1.165) is 6.07 Å². The number of nitrogens with zero attached hydrogens (tertiary/aromatic N) is 4. The maximum Gasteiger partial charge on any atom is 0.527 e. The molecule has 0 radical (unpaired) electrons. The van der Waals surface area contributed by atoms with Gasteiger partial charge in [0.2, 0.25) is 5.95 Å². The van der Waals surface area contributed by atoms with E-state index in [2.05, 4.69) is 15.0 Å². The second-order valence-electron chi connectivity index (χ2n) is 6.78. The summed E-state index contributed by atoms with van der Waals surface area (Å²) < 4.78 is 37.4. The molecule has 0 spiro atoms. The molecule has 2 heterocycles. The molecule has 10 nitrogen and oxygen atoms in total. The molecule has 1 aliphatic rings. The van der Waals surface area contributed by atoms with Crippen LogP contribution in [0.3, 0.4) is 0 Å². The van der Waals surface area contributed by atoms with Crippen LogP contribution in [0.4, 0.5) is 10.3 Å². The van der Waals surface area contributed by atoms with Crippen molar-refractivity contribution in [3.8, 4) is 5.75 Å². The fraction of sp³-hybridized carbons (Fsp3) is 0.353. The zero-order valence-electron chi connectivity index (χ0n) is 15.1.